The Balaban J connectivity index is 1.94. The summed E-state index contributed by atoms with van der Waals surface area (Å²) in [5.74, 6) is -0.0252. The summed E-state index contributed by atoms with van der Waals surface area (Å²) in [6.45, 7) is 5.04. The summed E-state index contributed by atoms with van der Waals surface area (Å²) in [5.41, 5.74) is 0.749. The molecule has 1 aromatic carbocycles. The minimum Gasteiger partial charge on any atom is -0.379 e. The van der Waals surface area contributed by atoms with E-state index in [1.54, 1.807) is 23.1 Å². The number of hydrogen-bond acceptors (Lipinski definition) is 4. The van der Waals surface area contributed by atoms with Crippen molar-refractivity contribution in [2.75, 3.05) is 45.9 Å². The minimum absolute atomic E-state index is 0.0252. The van der Waals surface area contributed by atoms with Crippen LogP contribution < -0.4 is 0 Å². The Bertz CT molecular complexity index is 598. The molecule has 24 heavy (non-hydrogen) atoms. The summed E-state index contributed by atoms with van der Waals surface area (Å²) in [6, 6.07) is 7.24. The molecule has 1 aliphatic heterocycles. The number of morpholine rings is 1. The van der Waals surface area contributed by atoms with Crippen molar-refractivity contribution in [2.24, 2.45) is 0 Å². The second-order valence-corrected chi connectivity index (χ2v) is 6.50. The molecule has 0 radical (unpaired) electrons. The van der Waals surface area contributed by atoms with E-state index in [-0.39, 0.29) is 12.3 Å². The smallest absolute Gasteiger partial charge is 0.227 e. The van der Waals surface area contributed by atoms with Crippen molar-refractivity contribution in [2.45, 2.75) is 12.8 Å². The molecule has 1 saturated heterocycles. The lowest BCUT2D eigenvalue weighted by Crippen LogP contribution is -2.43. The van der Waals surface area contributed by atoms with E-state index in [2.05, 4.69) is 11.0 Å². The number of rotatable bonds is 7. The Labute approximate surface area is 152 Å². The van der Waals surface area contributed by atoms with Crippen molar-refractivity contribution in [3.8, 4) is 6.07 Å². The number of carbonyl (C=O) groups is 1. The van der Waals surface area contributed by atoms with Crippen LogP contribution in [0, 0.1) is 11.3 Å². The van der Waals surface area contributed by atoms with E-state index in [0.717, 1.165) is 38.4 Å². The minimum atomic E-state index is -0.0252. The molecule has 130 valence electrons. The predicted molar refractivity (Wildman–Crippen MR) is 94.2 cm³/mol. The molecule has 2 rings (SSSR count). The first-order valence-corrected chi connectivity index (χ1v) is 8.74. The van der Waals surface area contributed by atoms with Crippen molar-refractivity contribution in [1.29, 1.82) is 5.26 Å². The second kappa shape index (κ2) is 9.85. The van der Waals surface area contributed by atoms with Gasteiger partial charge >= 0.3 is 0 Å². The Kier molecular flexibility index (Phi) is 7.80. The van der Waals surface area contributed by atoms with E-state index in [0.29, 0.717) is 29.6 Å². The molecule has 1 heterocycles. The van der Waals surface area contributed by atoms with Crippen molar-refractivity contribution in [1.82, 2.24) is 9.80 Å². The maximum atomic E-state index is 12.6. The van der Waals surface area contributed by atoms with Gasteiger partial charge < -0.3 is 9.64 Å². The van der Waals surface area contributed by atoms with Gasteiger partial charge in [0.25, 0.3) is 0 Å². The summed E-state index contributed by atoms with van der Waals surface area (Å²) in [7, 11) is 0. The summed E-state index contributed by atoms with van der Waals surface area (Å²) < 4.78 is 5.33. The zero-order valence-electron chi connectivity index (χ0n) is 13.5. The molecule has 0 bridgehead atoms. The monoisotopic (exact) mass is 369 g/mol. The lowest BCUT2D eigenvalue weighted by atomic mass is 10.1. The van der Waals surface area contributed by atoms with Crippen LogP contribution in [0.4, 0.5) is 0 Å². The quantitative estimate of drug-likeness (QED) is 0.741. The normalized spacial score (nSPS) is 15.0. The fourth-order valence-corrected chi connectivity index (χ4v) is 3.05. The SMILES string of the molecule is N#CCCN(CCN1CCOCC1)C(=O)Cc1ccc(Cl)cc1Cl. The summed E-state index contributed by atoms with van der Waals surface area (Å²) >= 11 is 12.0. The number of carbonyl (C=O) groups excluding carboxylic acids is 1. The average Bonchev–Trinajstić information content (AvgIpc) is 2.58. The molecule has 0 spiro atoms. The van der Waals surface area contributed by atoms with E-state index >= 15 is 0 Å². The first kappa shape index (κ1) is 19.0. The Morgan fingerprint density at radius 2 is 2.04 bits per heavy atom. The fourth-order valence-electron chi connectivity index (χ4n) is 2.57. The van der Waals surface area contributed by atoms with Crippen LogP contribution in [0.2, 0.25) is 10.0 Å². The topological polar surface area (TPSA) is 56.6 Å². The van der Waals surface area contributed by atoms with Crippen LogP contribution in [-0.4, -0.2) is 61.6 Å². The lowest BCUT2D eigenvalue weighted by Gasteiger charge is -2.30. The van der Waals surface area contributed by atoms with Gasteiger partial charge in [0.1, 0.15) is 0 Å². The maximum Gasteiger partial charge on any atom is 0.227 e. The molecule has 0 aliphatic carbocycles. The highest BCUT2D eigenvalue weighted by Crippen LogP contribution is 2.21. The molecule has 0 atom stereocenters. The summed E-state index contributed by atoms with van der Waals surface area (Å²) in [5, 5.41) is 9.86. The number of nitrogens with zero attached hydrogens (tertiary/aromatic N) is 3. The van der Waals surface area contributed by atoms with Crippen LogP contribution in [0.15, 0.2) is 18.2 Å². The van der Waals surface area contributed by atoms with Gasteiger partial charge in [0, 0.05) is 42.8 Å². The van der Waals surface area contributed by atoms with Gasteiger partial charge in [-0.2, -0.15) is 5.26 Å². The lowest BCUT2D eigenvalue weighted by molar-refractivity contribution is -0.130. The Morgan fingerprint density at radius 3 is 2.71 bits per heavy atom. The third-order valence-corrected chi connectivity index (χ3v) is 4.58. The van der Waals surface area contributed by atoms with Crippen LogP contribution in [0.25, 0.3) is 0 Å². The van der Waals surface area contributed by atoms with Crippen molar-refractivity contribution >= 4 is 29.1 Å². The van der Waals surface area contributed by atoms with Crippen LogP contribution in [0.3, 0.4) is 0 Å². The highest BCUT2D eigenvalue weighted by Gasteiger charge is 2.18. The third-order valence-electron chi connectivity index (χ3n) is 3.99. The molecule has 1 amide bonds. The van der Waals surface area contributed by atoms with E-state index in [1.165, 1.54) is 0 Å². The molecular formula is C17H21Cl2N3O2. The van der Waals surface area contributed by atoms with Crippen molar-refractivity contribution in [3.05, 3.63) is 33.8 Å². The fraction of sp³-hybridized carbons (Fsp3) is 0.529. The van der Waals surface area contributed by atoms with Crippen molar-refractivity contribution in [3.63, 3.8) is 0 Å². The van der Waals surface area contributed by atoms with Gasteiger partial charge in [-0.05, 0) is 17.7 Å². The molecule has 0 saturated carbocycles. The zero-order chi connectivity index (χ0) is 17.4. The Morgan fingerprint density at radius 1 is 1.29 bits per heavy atom. The molecule has 1 fully saturated rings. The first-order chi connectivity index (χ1) is 11.6. The van der Waals surface area contributed by atoms with Gasteiger partial charge in [-0.3, -0.25) is 9.69 Å². The molecule has 1 aromatic rings. The number of halogens is 2. The molecular weight excluding hydrogens is 349 g/mol. The van der Waals surface area contributed by atoms with E-state index in [1.807, 2.05) is 0 Å². The highest BCUT2D eigenvalue weighted by molar-refractivity contribution is 6.35. The van der Waals surface area contributed by atoms with Crippen molar-refractivity contribution < 1.29 is 9.53 Å². The maximum absolute atomic E-state index is 12.6. The second-order valence-electron chi connectivity index (χ2n) is 5.66. The number of ether oxygens (including phenoxy) is 1. The Hall–Kier alpha value is -1.32. The van der Waals surface area contributed by atoms with Gasteiger partial charge in [-0.15, -0.1) is 0 Å². The highest BCUT2D eigenvalue weighted by atomic mass is 35.5. The number of hydrogen-bond donors (Lipinski definition) is 0. The van der Waals surface area contributed by atoms with Crippen LogP contribution in [0.5, 0.6) is 0 Å². The molecule has 1 aliphatic rings. The van der Waals surface area contributed by atoms with Gasteiger partial charge in [0.2, 0.25) is 5.91 Å². The van der Waals surface area contributed by atoms with Gasteiger partial charge in [-0.1, -0.05) is 29.3 Å². The molecule has 5 nitrogen and oxygen atoms in total. The van der Waals surface area contributed by atoms with E-state index in [4.69, 9.17) is 33.2 Å². The summed E-state index contributed by atoms with van der Waals surface area (Å²) in [4.78, 5) is 16.6. The largest absolute Gasteiger partial charge is 0.379 e. The number of benzene rings is 1. The van der Waals surface area contributed by atoms with E-state index < -0.39 is 0 Å². The standard InChI is InChI=1S/C17H21Cl2N3O2/c18-15-3-2-14(16(19)13-15)12-17(23)22(5-1-4-20)7-6-21-8-10-24-11-9-21/h2-3,13H,1,5-12H2. The van der Waals surface area contributed by atoms with Gasteiger partial charge in [-0.25, -0.2) is 0 Å². The molecule has 7 heteroatoms. The number of nitriles is 1. The number of amides is 1. The summed E-state index contributed by atoms with van der Waals surface area (Å²) in [6.07, 6.45) is 0.535. The predicted octanol–water partition coefficient (Wildman–Crippen LogP) is 2.61. The van der Waals surface area contributed by atoms with Crippen LogP contribution in [0.1, 0.15) is 12.0 Å². The van der Waals surface area contributed by atoms with Crippen LogP contribution in [-0.2, 0) is 16.0 Å². The molecule has 0 unspecified atom stereocenters. The zero-order valence-corrected chi connectivity index (χ0v) is 15.0. The molecule has 0 N–H and O–H groups in total. The van der Waals surface area contributed by atoms with E-state index in [9.17, 15) is 4.79 Å². The van der Waals surface area contributed by atoms with Crippen LogP contribution >= 0.6 is 23.2 Å². The first-order valence-electron chi connectivity index (χ1n) is 7.99. The third kappa shape index (κ3) is 5.95. The molecule has 0 aromatic heterocycles. The average molecular weight is 370 g/mol. The van der Waals surface area contributed by atoms with Gasteiger partial charge in [0.05, 0.1) is 32.1 Å². The van der Waals surface area contributed by atoms with Gasteiger partial charge in [0.15, 0.2) is 0 Å².